The molecular weight excluding hydrogens is 198 g/mol. The Hall–Kier alpha value is -0.830. The number of imidazole rings is 1. The minimum atomic E-state index is 0.740. The first-order valence-electron chi connectivity index (χ1n) is 6.65. The monoisotopic (exact) mass is 219 g/mol. The Morgan fingerprint density at radius 3 is 2.94 bits per heavy atom. The maximum Gasteiger partial charge on any atom is 0.111 e. The van der Waals surface area contributed by atoms with Gasteiger partial charge in [-0.25, -0.2) is 4.98 Å². The van der Waals surface area contributed by atoms with Gasteiger partial charge in [-0.3, -0.25) is 0 Å². The molecule has 3 heteroatoms. The van der Waals surface area contributed by atoms with Gasteiger partial charge in [-0.15, -0.1) is 0 Å². The van der Waals surface area contributed by atoms with Crippen LogP contribution in [0.15, 0.2) is 12.4 Å². The van der Waals surface area contributed by atoms with E-state index in [9.17, 15) is 0 Å². The van der Waals surface area contributed by atoms with Gasteiger partial charge in [0, 0.05) is 24.9 Å². The second-order valence-corrected chi connectivity index (χ2v) is 5.28. The fraction of sp³-hybridized carbons (Fsp3) is 0.769. The number of rotatable bonds is 3. The summed E-state index contributed by atoms with van der Waals surface area (Å²) in [5, 5.41) is 3.44. The molecule has 2 fully saturated rings. The highest BCUT2D eigenvalue weighted by atomic mass is 15.1. The maximum atomic E-state index is 4.58. The standard InChI is InChI=1S/C13H21N3/c1-2-4-12(3-1)13-15-7-8-16(13)10-11-5-6-14-9-11/h7-8,11-12,14H,1-6,9-10H2. The molecular formula is C13H21N3. The van der Waals surface area contributed by atoms with E-state index < -0.39 is 0 Å². The number of hydrogen-bond donors (Lipinski definition) is 1. The summed E-state index contributed by atoms with van der Waals surface area (Å²) < 4.78 is 2.41. The van der Waals surface area contributed by atoms with Crippen molar-refractivity contribution in [1.29, 1.82) is 0 Å². The highest BCUT2D eigenvalue weighted by molar-refractivity contribution is 5.03. The van der Waals surface area contributed by atoms with Gasteiger partial charge in [-0.2, -0.15) is 0 Å². The predicted molar refractivity (Wildman–Crippen MR) is 64.4 cm³/mol. The lowest BCUT2D eigenvalue weighted by molar-refractivity contribution is 0.456. The molecule has 1 aliphatic carbocycles. The van der Waals surface area contributed by atoms with Crippen molar-refractivity contribution in [3.8, 4) is 0 Å². The van der Waals surface area contributed by atoms with Gasteiger partial charge in [0.05, 0.1) is 0 Å². The summed E-state index contributed by atoms with van der Waals surface area (Å²) in [7, 11) is 0. The molecule has 16 heavy (non-hydrogen) atoms. The summed E-state index contributed by atoms with van der Waals surface area (Å²) in [5.74, 6) is 2.91. The number of nitrogens with one attached hydrogen (secondary N) is 1. The van der Waals surface area contributed by atoms with Crippen molar-refractivity contribution in [3.63, 3.8) is 0 Å². The first-order chi connectivity index (χ1) is 7.93. The van der Waals surface area contributed by atoms with Crippen molar-refractivity contribution in [2.45, 2.75) is 44.6 Å². The zero-order valence-electron chi connectivity index (χ0n) is 9.86. The minimum Gasteiger partial charge on any atom is -0.334 e. The van der Waals surface area contributed by atoms with Crippen LogP contribution in [-0.4, -0.2) is 22.6 Å². The average molecular weight is 219 g/mol. The Balaban J connectivity index is 1.71. The van der Waals surface area contributed by atoms with E-state index in [1.54, 1.807) is 0 Å². The topological polar surface area (TPSA) is 29.9 Å². The zero-order valence-corrected chi connectivity index (χ0v) is 9.86. The first-order valence-corrected chi connectivity index (χ1v) is 6.65. The highest BCUT2D eigenvalue weighted by Gasteiger charge is 2.23. The van der Waals surface area contributed by atoms with Crippen LogP contribution in [-0.2, 0) is 6.54 Å². The van der Waals surface area contributed by atoms with Crippen molar-refractivity contribution in [3.05, 3.63) is 18.2 Å². The zero-order chi connectivity index (χ0) is 10.8. The Morgan fingerprint density at radius 1 is 1.31 bits per heavy atom. The Labute approximate surface area is 97.3 Å². The summed E-state index contributed by atoms with van der Waals surface area (Å²) in [5.41, 5.74) is 0. The first kappa shape index (κ1) is 10.3. The van der Waals surface area contributed by atoms with Crippen LogP contribution in [0.2, 0.25) is 0 Å². The molecule has 1 unspecified atom stereocenters. The number of nitrogens with zero attached hydrogens (tertiary/aromatic N) is 2. The van der Waals surface area contributed by atoms with Gasteiger partial charge in [-0.05, 0) is 38.3 Å². The Kier molecular flexibility index (Phi) is 2.96. The molecule has 1 aromatic rings. The summed E-state index contributed by atoms with van der Waals surface area (Å²) in [6.45, 7) is 3.54. The summed E-state index contributed by atoms with van der Waals surface area (Å²) in [4.78, 5) is 4.58. The summed E-state index contributed by atoms with van der Waals surface area (Å²) in [6.07, 6.45) is 11.0. The molecule has 88 valence electrons. The Morgan fingerprint density at radius 2 is 2.19 bits per heavy atom. The predicted octanol–water partition coefficient (Wildman–Crippen LogP) is 2.15. The highest BCUT2D eigenvalue weighted by Crippen LogP contribution is 2.33. The lowest BCUT2D eigenvalue weighted by Crippen LogP contribution is -2.16. The molecule has 0 aromatic carbocycles. The van der Waals surface area contributed by atoms with Crippen molar-refractivity contribution in [1.82, 2.24) is 14.9 Å². The largest absolute Gasteiger partial charge is 0.334 e. The van der Waals surface area contributed by atoms with E-state index in [0.717, 1.165) is 11.8 Å². The lowest BCUT2D eigenvalue weighted by Gasteiger charge is -2.15. The molecule has 0 radical (unpaired) electrons. The van der Waals surface area contributed by atoms with Crippen molar-refractivity contribution in [2.75, 3.05) is 13.1 Å². The van der Waals surface area contributed by atoms with Crippen LogP contribution in [0.4, 0.5) is 0 Å². The van der Waals surface area contributed by atoms with E-state index in [-0.39, 0.29) is 0 Å². The molecule has 1 aromatic heterocycles. The van der Waals surface area contributed by atoms with Gasteiger partial charge in [0.25, 0.3) is 0 Å². The molecule has 0 amide bonds. The van der Waals surface area contributed by atoms with Crippen LogP contribution in [0.3, 0.4) is 0 Å². The van der Waals surface area contributed by atoms with Crippen LogP contribution in [0.5, 0.6) is 0 Å². The van der Waals surface area contributed by atoms with Crippen molar-refractivity contribution >= 4 is 0 Å². The number of hydrogen-bond acceptors (Lipinski definition) is 2. The molecule has 2 heterocycles. The normalized spacial score (nSPS) is 26.6. The van der Waals surface area contributed by atoms with Crippen LogP contribution >= 0.6 is 0 Å². The summed E-state index contributed by atoms with van der Waals surface area (Å²) >= 11 is 0. The molecule has 1 N–H and O–H groups in total. The van der Waals surface area contributed by atoms with Crippen LogP contribution in [0, 0.1) is 5.92 Å². The fourth-order valence-corrected chi connectivity index (χ4v) is 3.17. The van der Waals surface area contributed by atoms with Gasteiger partial charge in [0.1, 0.15) is 5.82 Å². The van der Waals surface area contributed by atoms with Crippen molar-refractivity contribution < 1.29 is 0 Å². The molecule has 1 saturated carbocycles. The SMILES string of the molecule is c1cn(CC2CCNC2)c(C2CCCC2)n1. The molecule has 3 rings (SSSR count). The molecule has 2 aliphatic rings. The van der Waals surface area contributed by atoms with Gasteiger partial charge >= 0.3 is 0 Å². The van der Waals surface area contributed by atoms with E-state index in [1.807, 2.05) is 6.20 Å². The van der Waals surface area contributed by atoms with E-state index in [0.29, 0.717) is 0 Å². The minimum absolute atomic E-state index is 0.740. The van der Waals surface area contributed by atoms with E-state index in [1.165, 1.54) is 57.6 Å². The van der Waals surface area contributed by atoms with Crippen LogP contribution in [0.1, 0.15) is 43.8 Å². The molecule has 3 nitrogen and oxygen atoms in total. The molecule has 0 bridgehead atoms. The van der Waals surface area contributed by atoms with Crippen LogP contribution < -0.4 is 5.32 Å². The molecule has 1 aliphatic heterocycles. The quantitative estimate of drug-likeness (QED) is 0.844. The molecule has 1 saturated heterocycles. The smallest absolute Gasteiger partial charge is 0.111 e. The number of aromatic nitrogens is 2. The average Bonchev–Trinajstić information content (AvgIpc) is 2.98. The molecule has 1 atom stereocenters. The van der Waals surface area contributed by atoms with Crippen LogP contribution in [0.25, 0.3) is 0 Å². The van der Waals surface area contributed by atoms with Crippen molar-refractivity contribution in [2.24, 2.45) is 5.92 Å². The summed E-state index contributed by atoms with van der Waals surface area (Å²) in [6, 6.07) is 0. The van der Waals surface area contributed by atoms with E-state index in [4.69, 9.17) is 0 Å². The molecule has 0 spiro atoms. The van der Waals surface area contributed by atoms with Gasteiger partial charge < -0.3 is 9.88 Å². The third kappa shape index (κ3) is 2.01. The third-order valence-corrected chi connectivity index (χ3v) is 4.09. The second kappa shape index (κ2) is 4.58. The van der Waals surface area contributed by atoms with Gasteiger partial charge in [-0.1, -0.05) is 12.8 Å². The fourth-order valence-electron chi connectivity index (χ4n) is 3.17. The van der Waals surface area contributed by atoms with E-state index in [2.05, 4.69) is 21.1 Å². The Bertz CT molecular complexity index is 333. The maximum absolute atomic E-state index is 4.58. The second-order valence-electron chi connectivity index (χ2n) is 5.28. The van der Waals surface area contributed by atoms with Gasteiger partial charge in [0.2, 0.25) is 0 Å². The van der Waals surface area contributed by atoms with Gasteiger partial charge in [0.15, 0.2) is 0 Å². The lowest BCUT2D eigenvalue weighted by atomic mass is 10.1. The van der Waals surface area contributed by atoms with E-state index >= 15 is 0 Å². The third-order valence-electron chi connectivity index (χ3n) is 4.09.